The first-order valence-electron chi connectivity index (χ1n) is 6.88. The van der Waals surface area contributed by atoms with Crippen LogP contribution in [0, 0.1) is 0 Å². The van der Waals surface area contributed by atoms with Gasteiger partial charge in [-0.3, -0.25) is 4.98 Å². The van der Waals surface area contributed by atoms with Crippen molar-refractivity contribution in [2.45, 2.75) is 24.3 Å². The molecule has 7 heteroatoms. The van der Waals surface area contributed by atoms with E-state index in [1.54, 1.807) is 19.2 Å². The molecule has 6 nitrogen and oxygen atoms in total. The van der Waals surface area contributed by atoms with Crippen molar-refractivity contribution in [3.05, 3.63) is 24.0 Å². The normalized spacial score (nSPS) is 16.9. The molecule has 1 aliphatic rings. The molecule has 0 unspecified atom stereocenters. The summed E-state index contributed by atoms with van der Waals surface area (Å²) in [6.45, 7) is 3.73. The SMILES string of the molecule is CN(CCN1CCCC1)S(=O)(=O)c1ccc(CN)nc1. The Morgan fingerprint density at radius 1 is 1.35 bits per heavy atom. The van der Waals surface area contributed by atoms with Crippen molar-refractivity contribution in [1.82, 2.24) is 14.2 Å². The summed E-state index contributed by atoms with van der Waals surface area (Å²) in [6, 6.07) is 3.22. The maximum absolute atomic E-state index is 12.4. The number of hydrogen-bond donors (Lipinski definition) is 1. The largest absolute Gasteiger partial charge is 0.325 e. The van der Waals surface area contributed by atoms with Crippen LogP contribution in [0.15, 0.2) is 23.2 Å². The number of nitrogens with zero attached hydrogens (tertiary/aromatic N) is 3. The van der Waals surface area contributed by atoms with Crippen LogP contribution < -0.4 is 5.73 Å². The molecule has 1 fully saturated rings. The molecule has 1 aliphatic heterocycles. The lowest BCUT2D eigenvalue weighted by atomic mass is 10.4. The highest BCUT2D eigenvalue weighted by atomic mass is 32.2. The first-order chi connectivity index (χ1) is 9.54. The quantitative estimate of drug-likeness (QED) is 0.815. The average molecular weight is 298 g/mol. The lowest BCUT2D eigenvalue weighted by Gasteiger charge is -2.21. The number of pyridine rings is 1. The van der Waals surface area contributed by atoms with Crippen molar-refractivity contribution in [1.29, 1.82) is 0 Å². The van der Waals surface area contributed by atoms with Gasteiger partial charge in [-0.2, -0.15) is 4.31 Å². The molecular weight excluding hydrogens is 276 g/mol. The molecular formula is C13H22N4O2S. The fourth-order valence-electron chi connectivity index (χ4n) is 2.27. The minimum Gasteiger partial charge on any atom is -0.325 e. The summed E-state index contributed by atoms with van der Waals surface area (Å²) in [5, 5.41) is 0. The summed E-state index contributed by atoms with van der Waals surface area (Å²) in [5.74, 6) is 0. The highest BCUT2D eigenvalue weighted by Gasteiger charge is 2.22. The van der Waals surface area contributed by atoms with Gasteiger partial charge in [0, 0.05) is 32.9 Å². The third-order valence-electron chi connectivity index (χ3n) is 3.64. The van der Waals surface area contributed by atoms with E-state index in [4.69, 9.17) is 5.73 Å². The Bertz CT molecular complexity index is 524. The van der Waals surface area contributed by atoms with Crippen LogP contribution in [0.4, 0.5) is 0 Å². The summed E-state index contributed by atoms with van der Waals surface area (Å²) in [4.78, 5) is 6.56. The molecule has 0 saturated carbocycles. The number of aromatic nitrogens is 1. The molecule has 1 saturated heterocycles. The van der Waals surface area contributed by atoms with Crippen LogP contribution in [0.25, 0.3) is 0 Å². The minimum absolute atomic E-state index is 0.221. The zero-order valence-electron chi connectivity index (χ0n) is 11.8. The van der Waals surface area contributed by atoms with Gasteiger partial charge in [-0.15, -0.1) is 0 Å². The Labute approximate surface area is 120 Å². The van der Waals surface area contributed by atoms with Gasteiger partial charge in [0.05, 0.1) is 5.69 Å². The van der Waals surface area contributed by atoms with E-state index in [2.05, 4.69) is 9.88 Å². The second-order valence-electron chi connectivity index (χ2n) is 5.06. The predicted octanol–water partition coefficient (Wildman–Crippen LogP) is 0.257. The first kappa shape index (κ1) is 15.4. The van der Waals surface area contributed by atoms with Crippen molar-refractivity contribution in [2.24, 2.45) is 5.73 Å². The van der Waals surface area contributed by atoms with Crippen LogP contribution in [-0.4, -0.2) is 55.8 Å². The van der Waals surface area contributed by atoms with E-state index in [9.17, 15) is 8.42 Å². The molecule has 0 aromatic carbocycles. The number of rotatable bonds is 6. The molecule has 2 heterocycles. The van der Waals surface area contributed by atoms with E-state index < -0.39 is 10.0 Å². The number of nitrogens with two attached hydrogens (primary N) is 1. The molecule has 20 heavy (non-hydrogen) atoms. The van der Waals surface area contributed by atoms with Crippen molar-refractivity contribution >= 4 is 10.0 Å². The molecule has 2 rings (SSSR count). The van der Waals surface area contributed by atoms with Crippen molar-refractivity contribution in [3.8, 4) is 0 Å². The summed E-state index contributed by atoms with van der Waals surface area (Å²) in [6.07, 6.45) is 3.80. The van der Waals surface area contributed by atoms with Crippen LogP contribution in [0.5, 0.6) is 0 Å². The zero-order chi connectivity index (χ0) is 14.6. The predicted molar refractivity (Wildman–Crippen MR) is 77.6 cm³/mol. The standard InChI is InChI=1S/C13H22N4O2S/c1-16(8-9-17-6-2-3-7-17)20(18,19)13-5-4-12(10-14)15-11-13/h4-5,11H,2-3,6-10,14H2,1H3. The maximum Gasteiger partial charge on any atom is 0.244 e. The number of hydrogen-bond acceptors (Lipinski definition) is 5. The summed E-state index contributed by atoms with van der Waals surface area (Å²) < 4.78 is 26.1. The van der Waals surface area contributed by atoms with E-state index in [0.717, 1.165) is 19.6 Å². The Morgan fingerprint density at radius 2 is 2.05 bits per heavy atom. The Morgan fingerprint density at radius 3 is 2.60 bits per heavy atom. The van der Waals surface area contributed by atoms with E-state index >= 15 is 0 Å². The van der Waals surface area contributed by atoms with E-state index in [-0.39, 0.29) is 4.90 Å². The average Bonchev–Trinajstić information content (AvgIpc) is 2.98. The van der Waals surface area contributed by atoms with Gasteiger partial charge in [0.25, 0.3) is 0 Å². The Balaban J connectivity index is 2.00. The minimum atomic E-state index is -3.45. The molecule has 2 N–H and O–H groups in total. The summed E-state index contributed by atoms with van der Waals surface area (Å²) in [5.41, 5.74) is 6.14. The van der Waals surface area contributed by atoms with E-state index in [1.807, 2.05) is 0 Å². The van der Waals surface area contributed by atoms with Crippen LogP contribution in [0.1, 0.15) is 18.5 Å². The third-order valence-corrected chi connectivity index (χ3v) is 5.49. The van der Waals surface area contributed by atoms with Gasteiger partial charge in [0.1, 0.15) is 4.90 Å². The molecule has 1 aromatic heterocycles. The monoisotopic (exact) mass is 298 g/mol. The van der Waals surface area contributed by atoms with Gasteiger partial charge in [0.15, 0.2) is 0 Å². The smallest absolute Gasteiger partial charge is 0.244 e. The van der Waals surface area contributed by atoms with Crippen molar-refractivity contribution in [3.63, 3.8) is 0 Å². The van der Waals surface area contributed by atoms with E-state index in [1.165, 1.54) is 23.3 Å². The number of sulfonamides is 1. The van der Waals surface area contributed by atoms with Crippen LogP contribution in [-0.2, 0) is 16.6 Å². The fourth-order valence-corrected chi connectivity index (χ4v) is 3.38. The second kappa shape index (κ2) is 6.62. The molecule has 112 valence electrons. The van der Waals surface area contributed by atoms with Gasteiger partial charge in [0.2, 0.25) is 10.0 Å². The third kappa shape index (κ3) is 3.54. The topological polar surface area (TPSA) is 79.5 Å². The van der Waals surface area contributed by atoms with Gasteiger partial charge in [-0.05, 0) is 38.1 Å². The van der Waals surface area contributed by atoms with Crippen LogP contribution in [0.3, 0.4) is 0 Å². The highest BCUT2D eigenvalue weighted by Crippen LogP contribution is 2.14. The lowest BCUT2D eigenvalue weighted by molar-refractivity contribution is 0.310. The summed E-state index contributed by atoms with van der Waals surface area (Å²) >= 11 is 0. The van der Waals surface area contributed by atoms with Gasteiger partial charge in [-0.1, -0.05) is 0 Å². The van der Waals surface area contributed by atoms with Crippen molar-refractivity contribution < 1.29 is 8.42 Å². The van der Waals surface area contributed by atoms with Crippen molar-refractivity contribution in [2.75, 3.05) is 33.2 Å². The molecule has 0 spiro atoms. The maximum atomic E-state index is 12.4. The van der Waals surface area contributed by atoms with Gasteiger partial charge >= 0.3 is 0 Å². The molecule has 1 aromatic rings. The molecule has 0 aliphatic carbocycles. The van der Waals surface area contributed by atoms with E-state index in [0.29, 0.717) is 18.8 Å². The lowest BCUT2D eigenvalue weighted by Crippen LogP contribution is -2.35. The molecule has 0 atom stereocenters. The fraction of sp³-hybridized carbons (Fsp3) is 0.615. The van der Waals surface area contributed by atoms with Gasteiger partial charge in [-0.25, -0.2) is 8.42 Å². The first-order valence-corrected chi connectivity index (χ1v) is 8.32. The molecule has 0 radical (unpaired) electrons. The van der Waals surface area contributed by atoms with Crippen LogP contribution in [0.2, 0.25) is 0 Å². The summed E-state index contributed by atoms with van der Waals surface area (Å²) in [7, 11) is -1.84. The van der Waals surface area contributed by atoms with Crippen LogP contribution >= 0.6 is 0 Å². The molecule has 0 amide bonds. The second-order valence-corrected chi connectivity index (χ2v) is 7.11. The highest BCUT2D eigenvalue weighted by molar-refractivity contribution is 7.89. The Kier molecular flexibility index (Phi) is 5.09. The van der Waals surface area contributed by atoms with Gasteiger partial charge < -0.3 is 10.6 Å². The number of likely N-dealkylation sites (N-methyl/N-ethyl adjacent to an activating group) is 1. The zero-order valence-corrected chi connectivity index (χ0v) is 12.6. The number of likely N-dealkylation sites (tertiary alicyclic amines) is 1. The molecule has 0 bridgehead atoms. The Hall–Kier alpha value is -1.02.